The summed E-state index contributed by atoms with van der Waals surface area (Å²) in [5.74, 6) is -2.55. The highest BCUT2D eigenvalue weighted by molar-refractivity contribution is 9.10. The number of ketones is 1. The van der Waals surface area contributed by atoms with Gasteiger partial charge in [0, 0.05) is 29.7 Å². The molecule has 1 heterocycles. The Morgan fingerprint density at radius 3 is 2.52 bits per heavy atom. The van der Waals surface area contributed by atoms with E-state index < -0.39 is 28.4 Å². The third kappa shape index (κ3) is 4.91. The van der Waals surface area contributed by atoms with E-state index in [1.165, 1.54) is 35.2 Å². The number of Topliss-reactive ketones (excluding diaryl/α,β-unsaturated/α-hetero) is 1. The van der Waals surface area contributed by atoms with Crippen LogP contribution in [0.4, 0.5) is 5.69 Å². The second-order valence-corrected chi connectivity index (χ2v) is 8.45. The summed E-state index contributed by atoms with van der Waals surface area (Å²) >= 11 is 3.27. The molecule has 0 radical (unpaired) electrons. The number of nitrogens with zero attached hydrogens (tertiary/aromatic N) is 3. The number of amides is 1. The van der Waals surface area contributed by atoms with Gasteiger partial charge in [0.05, 0.1) is 22.1 Å². The Kier molecular flexibility index (Phi) is 7.50. The fourth-order valence-electron chi connectivity index (χ4n) is 3.90. The van der Waals surface area contributed by atoms with Crippen LogP contribution in [0, 0.1) is 10.1 Å². The van der Waals surface area contributed by atoms with E-state index in [1.54, 1.807) is 12.1 Å². The molecule has 0 aromatic heterocycles. The normalized spacial score (nSPS) is 17.7. The molecule has 0 unspecified atom stereocenters. The maximum Gasteiger partial charge on any atom is 0.295 e. The number of likely N-dealkylation sites (tertiary alicyclic amines) is 1. The monoisotopic (exact) mass is 517 g/mol. The zero-order valence-electron chi connectivity index (χ0n) is 18.2. The Morgan fingerprint density at radius 1 is 1.18 bits per heavy atom. The number of benzene rings is 2. The topological polar surface area (TPSA) is 124 Å². The van der Waals surface area contributed by atoms with Gasteiger partial charge in [-0.25, -0.2) is 0 Å². The second kappa shape index (κ2) is 10.1. The summed E-state index contributed by atoms with van der Waals surface area (Å²) in [6, 6.07) is 8.93. The maximum absolute atomic E-state index is 13.1. The molecule has 1 aliphatic rings. The van der Waals surface area contributed by atoms with Crippen molar-refractivity contribution in [2.45, 2.75) is 19.9 Å². The molecule has 1 atom stereocenters. The van der Waals surface area contributed by atoms with E-state index in [4.69, 9.17) is 0 Å². The van der Waals surface area contributed by atoms with Crippen LogP contribution in [0.5, 0.6) is 5.75 Å². The number of rotatable bonds is 8. The number of aliphatic hydroxyl groups excluding tert-OH is 1. The molecule has 3 rings (SSSR count). The summed E-state index contributed by atoms with van der Waals surface area (Å²) < 4.78 is 0.546. The van der Waals surface area contributed by atoms with Crippen molar-refractivity contribution in [2.75, 3.05) is 26.2 Å². The predicted molar refractivity (Wildman–Crippen MR) is 126 cm³/mol. The van der Waals surface area contributed by atoms with Crippen molar-refractivity contribution in [2.24, 2.45) is 0 Å². The van der Waals surface area contributed by atoms with Crippen molar-refractivity contribution < 1.29 is 24.7 Å². The van der Waals surface area contributed by atoms with Crippen molar-refractivity contribution in [3.63, 3.8) is 0 Å². The quantitative estimate of drug-likeness (QED) is 0.179. The lowest BCUT2D eigenvalue weighted by atomic mass is 9.94. The molecule has 2 aromatic rings. The lowest BCUT2D eigenvalue weighted by Gasteiger charge is -2.28. The van der Waals surface area contributed by atoms with E-state index in [0.29, 0.717) is 16.6 Å². The fourth-order valence-corrected chi connectivity index (χ4v) is 4.26. The van der Waals surface area contributed by atoms with E-state index in [1.807, 2.05) is 13.8 Å². The number of hydrogen-bond donors (Lipinski definition) is 2. The van der Waals surface area contributed by atoms with Gasteiger partial charge in [0.25, 0.3) is 17.4 Å². The summed E-state index contributed by atoms with van der Waals surface area (Å²) in [6.07, 6.45) is 0. The van der Waals surface area contributed by atoms with Crippen LogP contribution in [0.3, 0.4) is 0 Å². The first-order chi connectivity index (χ1) is 15.7. The number of aromatic hydroxyl groups is 1. The highest BCUT2D eigenvalue weighted by Crippen LogP contribution is 2.41. The molecule has 1 amide bonds. The zero-order valence-corrected chi connectivity index (χ0v) is 19.8. The van der Waals surface area contributed by atoms with Crippen molar-refractivity contribution >= 4 is 39.1 Å². The minimum absolute atomic E-state index is 0.0263. The number of nitro benzene ring substituents is 1. The summed E-state index contributed by atoms with van der Waals surface area (Å²) in [4.78, 5) is 40.2. The average Bonchev–Trinajstić information content (AvgIpc) is 3.06. The molecule has 174 valence electrons. The first-order valence-corrected chi connectivity index (χ1v) is 11.2. The fraction of sp³-hybridized carbons (Fsp3) is 0.304. The van der Waals surface area contributed by atoms with Gasteiger partial charge in [-0.15, -0.1) is 0 Å². The molecule has 1 saturated heterocycles. The van der Waals surface area contributed by atoms with E-state index in [0.717, 1.165) is 13.1 Å². The minimum Gasteiger partial charge on any atom is -0.507 e. The third-order valence-electron chi connectivity index (χ3n) is 5.70. The summed E-state index contributed by atoms with van der Waals surface area (Å²) in [7, 11) is 0. The van der Waals surface area contributed by atoms with Crippen molar-refractivity contribution in [3.05, 3.63) is 73.8 Å². The number of non-ortho nitro benzene ring substituents is 1. The van der Waals surface area contributed by atoms with Gasteiger partial charge in [0.15, 0.2) is 0 Å². The number of hydrogen-bond acceptors (Lipinski definition) is 7. The molecule has 9 nitrogen and oxygen atoms in total. The van der Waals surface area contributed by atoms with Gasteiger partial charge in [-0.2, -0.15) is 0 Å². The van der Waals surface area contributed by atoms with Crippen LogP contribution < -0.4 is 0 Å². The smallest absolute Gasteiger partial charge is 0.295 e. The molecule has 0 saturated carbocycles. The standard InChI is InChI=1S/C23H24BrN3O6/c1-3-25(4-2)10-11-26-20(14-6-5-7-16(12-14)27(32)33)19(22(30)23(26)31)21(29)17-13-15(24)8-9-18(17)28/h5-9,12-13,20,28-29H,3-4,10-11H2,1-2H3/t20-/m1/s1. The largest absolute Gasteiger partial charge is 0.507 e. The second-order valence-electron chi connectivity index (χ2n) is 7.53. The molecule has 33 heavy (non-hydrogen) atoms. The first-order valence-electron chi connectivity index (χ1n) is 10.4. The van der Waals surface area contributed by atoms with Crippen LogP contribution in [0.2, 0.25) is 0 Å². The van der Waals surface area contributed by atoms with Crippen LogP contribution in [0.25, 0.3) is 5.76 Å². The number of carbonyl (C=O) groups is 2. The van der Waals surface area contributed by atoms with E-state index in [9.17, 15) is 29.9 Å². The number of phenolic OH excluding ortho intramolecular Hbond substituents is 1. The van der Waals surface area contributed by atoms with Crippen molar-refractivity contribution in [1.82, 2.24) is 9.80 Å². The van der Waals surface area contributed by atoms with Crippen LogP contribution in [0.1, 0.15) is 31.0 Å². The Morgan fingerprint density at radius 2 is 1.88 bits per heavy atom. The van der Waals surface area contributed by atoms with Gasteiger partial charge in [0.1, 0.15) is 11.5 Å². The lowest BCUT2D eigenvalue weighted by Crippen LogP contribution is -2.38. The first kappa shape index (κ1) is 24.4. The van der Waals surface area contributed by atoms with Crippen LogP contribution in [-0.2, 0) is 9.59 Å². The number of phenols is 1. The highest BCUT2D eigenvalue weighted by Gasteiger charge is 2.46. The van der Waals surface area contributed by atoms with Gasteiger partial charge >= 0.3 is 0 Å². The van der Waals surface area contributed by atoms with Gasteiger partial charge in [-0.1, -0.05) is 41.9 Å². The number of halogens is 1. The molecule has 1 aliphatic heterocycles. The highest BCUT2D eigenvalue weighted by atomic mass is 79.9. The van der Waals surface area contributed by atoms with Crippen molar-refractivity contribution in [3.8, 4) is 5.75 Å². The van der Waals surface area contributed by atoms with Crippen LogP contribution in [0.15, 0.2) is 52.5 Å². The molecule has 2 N–H and O–H groups in total. The Balaban J connectivity index is 2.19. The maximum atomic E-state index is 13.1. The number of aliphatic hydroxyl groups is 1. The number of likely N-dealkylation sites (N-methyl/N-ethyl adjacent to an activating group) is 1. The third-order valence-corrected chi connectivity index (χ3v) is 6.20. The Hall–Kier alpha value is -3.24. The molecule has 0 spiro atoms. The Bertz CT molecular complexity index is 1130. The van der Waals surface area contributed by atoms with Gasteiger partial charge in [-0.05, 0) is 36.9 Å². The molecule has 2 aromatic carbocycles. The lowest BCUT2D eigenvalue weighted by molar-refractivity contribution is -0.384. The summed E-state index contributed by atoms with van der Waals surface area (Å²) in [5, 5.41) is 32.7. The summed E-state index contributed by atoms with van der Waals surface area (Å²) in [6.45, 7) is 6.10. The molecule has 10 heteroatoms. The minimum atomic E-state index is -1.04. The molecular formula is C23H24BrN3O6. The Labute approximate surface area is 199 Å². The van der Waals surface area contributed by atoms with E-state index >= 15 is 0 Å². The average molecular weight is 518 g/mol. The molecule has 1 fully saturated rings. The van der Waals surface area contributed by atoms with Crippen LogP contribution in [-0.4, -0.2) is 62.8 Å². The zero-order chi connectivity index (χ0) is 24.3. The molecule has 0 bridgehead atoms. The summed E-state index contributed by atoms with van der Waals surface area (Å²) in [5.41, 5.74) is -0.138. The molecule has 0 aliphatic carbocycles. The predicted octanol–water partition coefficient (Wildman–Crippen LogP) is 3.83. The van der Waals surface area contributed by atoms with E-state index in [-0.39, 0.29) is 29.1 Å². The van der Waals surface area contributed by atoms with Gasteiger partial charge in [-0.3, -0.25) is 19.7 Å². The van der Waals surface area contributed by atoms with Crippen LogP contribution >= 0.6 is 15.9 Å². The van der Waals surface area contributed by atoms with Crippen molar-refractivity contribution in [1.29, 1.82) is 0 Å². The van der Waals surface area contributed by atoms with Gasteiger partial charge < -0.3 is 20.0 Å². The van der Waals surface area contributed by atoms with E-state index in [2.05, 4.69) is 20.8 Å². The number of nitro groups is 1. The number of carbonyl (C=O) groups excluding carboxylic acids is 2. The van der Waals surface area contributed by atoms with Gasteiger partial charge in [0.2, 0.25) is 0 Å². The molecular weight excluding hydrogens is 494 g/mol. The SMILES string of the molecule is CCN(CC)CCN1C(=O)C(=O)C(=C(O)c2cc(Br)ccc2O)[C@H]1c1cccc([N+](=O)[O-])c1.